The number of phosphoric acid groups is 1. The minimum atomic E-state index is -5.02. The molecule has 0 aromatic rings. The van der Waals surface area contributed by atoms with Crippen molar-refractivity contribution in [3.8, 4) is 0 Å². The summed E-state index contributed by atoms with van der Waals surface area (Å²) in [6.45, 7) is 1.81. The molecule has 0 amide bonds. The van der Waals surface area contributed by atoms with Gasteiger partial charge in [-0.05, 0) is 32.1 Å². The van der Waals surface area contributed by atoms with E-state index in [9.17, 15) is 19.6 Å². The first-order valence-electron chi connectivity index (χ1n) is 13.5. The summed E-state index contributed by atoms with van der Waals surface area (Å²) in [6, 6.07) is 0. The van der Waals surface area contributed by atoms with Gasteiger partial charge in [0.25, 0.3) is 0 Å². The van der Waals surface area contributed by atoms with Crippen LogP contribution >= 0.6 is 7.82 Å². The fourth-order valence-corrected chi connectivity index (χ4v) is 4.69. The molecule has 0 spiro atoms. The summed E-state index contributed by atoms with van der Waals surface area (Å²) in [5.41, 5.74) is 0. The van der Waals surface area contributed by atoms with Gasteiger partial charge in [-0.3, -0.25) is 4.52 Å². The molecule has 0 saturated carbocycles. The SMILES string of the molecule is CCCCCCCC/C=C\CCCCCCCCO[C@H]1O[C@H](COC(=O)O)[C@@H](O)[C@H](O)[C@H]1OP(=O)(O)O. The molecule has 1 heterocycles. The Morgan fingerprint density at radius 1 is 0.865 bits per heavy atom. The molecule has 11 nitrogen and oxygen atoms in total. The van der Waals surface area contributed by atoms with Crippen LogP contribution in [0.15, 0.2) is 12.2 Å². The lowest BCUT2D eigenvalue weighted by atomic mass is 9.99. The smallest absolute Gasteiger partial charge is 0.450 e. The average Bonchev–Trinajstić information content (AvgIpc) is 2.83. The molecule has 0 radical (unpaired) electrons. The first kappa shape index (κ1) is 34.0. The van der Waals surface area contributed by atoms with Crippen LogP contribution in [0.4, 0.5) is 4.79 Å². The lowest BCUT2D eigenvalue weighted by Crippen LogP contribution is -2.60. The summed E-state index contributed by atoms with van der Waals surface area (Å²) in [5.74, 6) is 0. The van der Waals surface area contributed by atoms with E-state index in [1.165, 1.54) is 44.9 Å². The van der Waals surface area contributed by atoms with E-state index in [1.54, 1.807) is 0 Å². The Morgan fingerprint density at radius 3 is 1.95 bits per heavy atom. The second-order valence-electron chi connectivity index (χ2n) is 9.47. The van der Waals surface area contributed by atoms with Crippen molar-refractivity contribution in [1.29, 1.82) is 0 Å². The molecule has 5 atom stereocenters. The Labute approximate surface area is 220 Å². The van der Waals surface area contributed by atoms with Gasteiger partial charge in [-0.1, -0.05) is 76.9 Å². The molecule has 1 saturated heterocycles. The second kappa shape index (κ2) is 19.9. The minimum absolute atomic E-state index is 0.169. The van der Waals surface area contributed by atoms with Crippen molar-refractivity contribution in [1.82, 2.24) is 0 Å². The van der Waals surface area contributed by atoms with Gasteiger partial charge >= 0.3 is 14.0 Å². The molecule has 1 aliphatic heterocycles. The van der Waals surface area contributed by atoms with Crippen molar-refractivity contribution in [2.45, 2.75) is 128 Å². The minimum Gasteiger partial charge on any atom is -0.450 e. The number of carboxylic acid groups (broad SMARTS) is 1. The zero-order chi connectivity index (χ0) is 27.5. The lowest BCUT2D eigenvalue weighted by Gasteiger charge is -2.41. The van der Waals surface area contributed by atoms with E-state index in [0.717, 1.165) is 38.5 Å². The molecule has 1 fully saturated rings. The molecule has 0 aromatic heterocycles. The normalized spacial score (nSPS) is 24.5. The number of aliphatic hydroxyl groups excluding tert-OH is 2. The number of carbonyl (C=O) groups is 1. The number of allylic oxidation sites excluding steroid dienone is 2. The molecule has 0 aromatic carbocycles. The number of unbranched alkanes of at least 4 members (excludes halogenated alkanes) is 12. The quantitative estimate of drug-likeness (QED) is 0.0578. The Balaban J connectivity index is 2.22. The van der Waals surface area contributed by atoms with Crippen LogP contribution in [0.25, 0.3) is 0 Å². The third kappa shape index (κ3) is 16.5. The van der Waals surface area contributed by atoms with Crippen molar-refractivity contribution in [3.05, 3.63) is 12.2 Å². The summed E-state index contributed by atoms with van der Waals surface area (Å²) in [4.78, 5) is 28.9. The number of phosphoric ester groups is 1. The summed E-state index contributed by atoms with van der Waals surface area (Å²) < 4.78 is 31.2. The first-order chi connectivity index (χ1) is 17.7. The zero-order valence-corrected chi connectivity index (χ0v) is 22.9. The molecule has 12 heteroatoms. The van der Waals surface area contributed by atoms with Gasteiger partial charge in [0.1, 0.15) is 31.0 Å². The van der Waals surface area contributed by atoms with E-state index < -0.39 is 51.3 Å². The molecule has 5 N–H and O–H groups in total. The van der Waals surface area contributed by atoms with Crippen LogP contribution in [-0.2, 0) is 23.3 Å². The third-order valence-corrected chi connectivity index (χ3v) is 6.73. The molecule has 0 aliphatic carbocycles. The zero-order valence-electron chi connectivity index (χ0n) is 22.0. The largest absolute Gasteiger partial charge is 0.505 e. The van der Waals surface area contributed by atoms with Gasteiger partial charge in [-0.15, -0.1) is 0 Å². The summed E-state index contributed by atoms with van der Waals surface area (Å²) >= 11 is 0. The fourth-order valence-electron chi connectivity index (χ4n) is 4.15. The molecule has 1 aliphatic rings. The topological polar surface area (TPSA) is 172 Å². The van der Waals surface area contributed by atoms with Gasteiger partial charge in [0, 0.05) is 6.61 Å². The maximum atomic E-state index is 11.3. The number of hydrogen-bond acceptors (Lipinski definition) is 8. The van der Waals surface area contributed by atoms with Crippen molar-refractivity contribution >= 4 is 14.0 Å². The van der Waals surface area contributed by atoms with E-state index in [-0.39, 0.29) is 6.61 Å². The second-order valence-corrected chi connectivity index (χ2v) is 10.7. The molecular weight excluding hydrogens is 507 g/mol. The van der Waals surface area contributed by atoms with Crippen molar-refractivity contribution in [2.75, 3.05) is 13.2 Å². The summed E-state index contributed by atoms with van der Waals surface area (Å²) in [5, 5.41) is 29.0. The maximum Gasteiger partial charge on any atom is 0.505 e. The van der Waals surface area contributed by atoms with Crippen LogP contribution in [0.1, 0.15) is 96.8 Å². The van der Waals surface area contributed by atoms with Crippen molar-refractivity contribution < 1.29 is 53.2 Å². The highest BCUT2D eigenvalue weighted by Gasteiger charge is 2.48. The predicted octanol–water partition coefficient (Wildman–Crippen LogP) is 4.66. The number of hydrogen-bond donors (Lipinski definition) is 5. The van der Waals surface area contributed by atoms with Gasteiger partial charge in [0.05, 0.1) is 0 Å². The third-order valence-electron chi connectivity index (χ3n) is 6.21. The summed E-state index contributed by atoms with van der Waals surface area (Å²) in [7, 11) is -5.02. The number of aliphatic hydroxyl groups is 2. The summed E-state index contributed by atoms with van der Waals surface area (Å²) in [6.07, 6.45) is 11.2. The molecule has 1 rings (SSSR count). The Hall–Kier alpha value is -1.04. The van der Waals surface area contributed by atoms with E-state index in [0.29, 0.717) is 6.42 Å². The van der Waals surface area contributed by atoms with Crippen LogP contribution in [0.2, 0.25) is 0 Å². The van der Waals surface area contributed by atoms with Crippen molar-refractivity contribution in [3.63, 3.8) is 0 Å². The van der Waals surface area contributed by atoms with E-state index in [4.69, 9.17) is 24.4 Å². The highest BCUT2D eigenvalue weighted by Crippen LogP contribution is 2.41. The van der Waals surface area contributed by atoms with Crippen LogP contribution in [0.3, 0.4) is 0 Å². The number of ether oxygens (including phenoxy) is 3. The van der Waals surface area contributed by atoms with E-state index in [2.05, 4.69) is 28.3 Å². The van der Waals surface area contributed by atoms with Gasteiger partial charge in [-0.25, -0.2) is 9.36 Å². The van der Waals surface area contributed by atoms with Gasteiger partial charge in [0.15, 0.2) is 6.29 Å². The highest BCUT2D eigenvalue weighted by atomic mass is 31.2. The Kier molecular flexibility index (Phi) is 18.3. The highest BCUT2D eigenvalue weighted by molar-refractivity contribution is 7.46. The van der Waals surface area contributed by atoms with E-state index >= 15 is 0 Å². The molecule has 218 valence electrons. The van der Waals surface area contributed by atoms with E-state index in [1.807, 2.05) is 0 Å². The van der Waals surface area contributed by atoms with Crippen LogP contribution in [0, 0.1) is 0 Å². The van der Waals surface area contributed by atoms with Crippen LogP contribution in [0.5, 0.6) is 0 Å². The number of rotatable bonds is 21. The molecule has 0 bridgehead atoms. The van der Waals surface area contributed by atoms with Gasteiger partial charge in [-0.2, -0.15) is 0 Å². The monoisotopic (exact) mass is 554 g/mol. The molecular formula is C25H47O11P. The average molecular weight is 555 g/mol. The lowest BCUT2D eigenvalue weighted by molar-refractivity contribution is -0.297. The molecule has 37 heavy (non-hydrogen) atoms. The van der Waals surface area contributed by atoms with Crippen LogP contribution in [-0.4, -0.2) is 75.2 Å². The van der Waals surface area contributed by atoms with Crippen molar-refractivity contribution in [2.24, 2.45) is 0 Å². The van der Waals surface area contributed by atoms with Gasteiger partial charge < -0.3 is 39.3 Å². The fraction of sp³-hybridized carbons (Fsp3) is 0.880. The van der Waals surface area contributed by atoms with Gasteiger partial charge in [0.2, 0.25) is 0 Å². The standard InChI is InChI=1S/C25H47O11P/c1-2-3-4-5-6-7-8-9-10-11-12-13-14-15-16-17-18-33-24-23(36-37(30,31)32)22(27)21(26)20(35-24)19-34-25(28)29/h9-10,20-24,26-27H,2-8,11-19H2,1H3,(H,28,29)(H2,30,31,32)/b10-9-/t20-,21-,22+,23-,24+/m1/s1. The predicted molar refractivity (Wildman–Crippen MR) is 137 cm³/mol. The van der Waals surface area contributed by atoms with Crippen LogP contribution < -0.4 is 0 Å². The molecule has 0 unspecified atom stereocenters. The Morgan fingerprint density at radius 2 is 1.41 bits per heavy atom. The maximum absolute atomic E-state index is 11.3. The first-order valence-corrected chi connectivity index (χ1v) is 15.1. The Bertz CT molecular complexity index is 669.